The first-order valence-corrected chi connectivity index (χ1v) is 7.49. The molecule has 3 rings (SSSR count). The molecule has 1 aromatic heterocycles. The maximum Gasteiger partial charge on any atom is 0.244 e. The number of carbonyl (C=O) groups is 1. The van der Waals surface area contributed by atoms with Crippen molar-refractivity contribution in [3.05, 3.63) is 54.4 Å². The first-order valence-electron chi connectivity index (χ1n) is 7.49. The standard InChI is InChI=1S/C17H21N3O/c1-18-15-8-5-9-16(13-6-3-2-4-7-13)20(17(15)21)14-10-11-19-12-14/h2-4,6-7,10-12,15-16,18-19H,5,8-9H2,1H3. The molecule has 1 fully saturated rings. The highest BCUT2D eigenvalue weighted by Gasteiger charge is 2.34. The van der Waals surface area contributed by atoms with Gasteiger partial charge in [-0.3, -0.25) is 4.79 Å². The summed E-state index contributed by atoms with van der Waals surface area (Å²) in [4.78, 5) is 17.9. The normalized spacial score (nSPS) is 23.1. The summed E-state index contributed by atoms with van der Waals surface area (Å²) in [7, 11) is 1.86. The number of carbonyl (C=O) groups excluding carboxylic acids is 1. The van der Waals surface area contributed by atoms with Gasteiger partial charge in [0.2, 0.25) is 5.91 Å². The van der Waals surface area contributed by atoms with Crippen LogP contribution in [0.3, 0.4) is 0 Å². The van der Waals surface area contributed by atoms with Crippen LogP contribution in [0.4, 0.5) is 5.69 Å². The predicted octanol–water partition coefficient (Wildman–Crippen LogP) is 2.86. The number of rotatable bonds is 3. The topological polar surface area (TPSA) is 48.1 Å². The average Bonchev–Trinajstić information content (AvgIpc) is 2.99. The van der Waals surface area contributed by atoms with E-state index in [0.717, 1.165) is 24.9 Å². The van der Waals surface area contributed by atoms with Crippen molar-refractivity contribution in [1.82, 2.24) is 10.3 Å². The molecule has 4 nitrogen and oxygen atoms in total. The average molecular weight is 283 g/mol. The molecule has 1 aliphatic heterocycles. The van der Waals surface area contributed by atoms with E-state index >= 15 is 0 Å². The maximum atomic E-state index is 12.9. The van der Waals surface area contributed by atoms with Crippen molar-refractivity contribution in [3.8, 4) is 0 Å². The lowest BCUT2D eigenvalue weighted by Gasteiger charge is -2.31. The highest BCUT2D eigenvalue weighted by atomic mass is 16.2. The molecule has 1 aliphatic rings. The third kappa shape index (κ3) is 2.72. The van der Waals surface area contributed by atoms with Gasteiger partial charge in [0.15, 0.2) is 0 Å². The van der Waals surface area contributed by atoms with Gasteiger partial charge < -0.3 is 15.2 Å². The van der Waals surface area contributed by atoms with Crippen molar-refractivity contribution in [3.63, 3.8) is 0 Å². The Hall–Kier alpha value is -2.07. The fourth-order valence-corrected chi connectivity index (χ4v) is 3.12. The molecule has 0 saturated carbocycles. The van der Waals surface area contributed by atoms with Crippen LogP contribution >= 0.6 is 0 Å². The molecular formula is C17H21N3O. The van der Waals surface area contributed by atoms with Crippen LogP contribution in [0.2, 0.25) is 0 Å². The number of amides is 1. The summed E-state index contributed by atoms with van der Waals surface area (Å²) in [5, 5.41) is 3.16. The SMILES string of the molecule is CNC1CCCC(c2ccccc2)N(c2cc[nH]c2)C1=O. The van der Waals surface area contributed by atoms with E-state index in [0.29, 0.717) is 0 Å². The Balaban J connectivity index is 2.02. The van der Waals surface area contributed by atoms with Crippen molar-refractivity contribution in [2.75, 3.05) is 11.9 Å². The van der Waals surface area contributed by atoms with Crippen LogP contribution in [0.25, 0.3) is 0 Å². The number of nitrogens with zero attached hydrogens (tertiary/aromatic N) is 1. The van der Waals surface area contributed by atoms with Crippen molar-refractivity contribution in [1.29, 1.82) is 0 Å². The van der Waals surface area contributed by atoms with Crippen molar-refractivity contribution < 1.29 is 4.79 Å². The summed E-state index contributed by atoms with van der Waals surface area (Å²) in [5.74, 6) is 0.156. The number of aromatic amines is 1. The van der Waals surface area contributed by atoms with E-state index in [1.54, 1.807) is 0 Å². The number of benzene rings is 1. The first kappa shape index (κ1) is 13.9. The zero-order valence-corrected chi connectivity index (χ0v) is 12.3. The van der Waals surface area contributed by atoms with Crippen LogP contribution in [-0.4, -0.2) is 24.0 Å². The molecule has 0 aliphatic carbocycles. The molecule has 1 amide bonds. The van der Waals surface area contributed by atoms with E-state index in [2.05, 4.69) is 22.4 Å². The second-order valence-electron chi connectivity index (χ2n) is 5.48. The van der Waals surface area contributed by atoms with E-state index in [1.807, 2.05) is 48.6 Å². The Morgan fingerprint density at radius 1 is 1.19 bits per heavy atom. The first-order chi connectivity index (χ1) is 10.3. The molecule has 2 heterocycles. The zero-order chi connectivity index (χ0) is 14.7. The maximum absolute atomic E-state index is 12.9. The van der Waals surface area contributed by atoms with E-state index in [9.17, 15) is 4.79 Å². The molecule has 0 radical (unpaired) electrons. The largest absolute Gasteiger partial charge is 0.366 e. The Kier molecular flexibility index (Phi) is 4.06. The monoisotopic (exact) mass is 283 g/mol. The Morgan fingerprint density at radius 2 is 2.00 bits per heavy atom. The lowest BCUT2D eigenvalue weighted by Crippen LogP contribution is -2.45. The highest BCUT2D eigenvalue weighted by molar-refractivity contribution is 5.98. The Morgan fingerprint density at radius 3 is 2.67 bits per heavy atom. The van der Waals surface area contributed by atoms with Crippen LogP contribution < -0.4 is 10.2 Å². The molecule has 2 N–H and O–H groups in total. The summed E-state index contributed by atoms with van der Waals surface area (Å²) >= 11 is 0. The van der Waals surface area contributed by atoms with Crippen molar-refractivity contribution in [2.24, 2.45) is 0 Å². The number of anilines is 1. The second kappa shape index (κ2) is 6.14. The van der Waals surface area contributed by atoms with Gasteiger partial charge in [-0.1, -0.05) is 30.3 Å². The zero-order valence-electron chi connectivity index (χ0n) is 12.3. The van der Waals surface area contributed by atoms with Gasteiger partial charge in [0.05, 0.1) is 17.8 Å². The highest BCUT2D eigenvalue weighted by Crippen LogP contribution is 2.34. The second-order valence-corrected chi connectivity index (χ2v) is 5.48. The molecule has 4 heteroatoms. The third-order valence-corrected chi connectivity index (χ3v) is 4.21. The quantitative estimate of drug-likeness (QED) is 0.910. The van der Waals surface area contributed by atoms with Crippen LogP contribution in [0.1, 0.15) is 30.9 Å². The van der Waals surface area contributed by atoms with Gasteiger partial charge in [-0.25, -0.2) is 0 Å². The smallest absolute Gasteiger partial charge is 0.244 e. The Labute approximate surface area is 125 Å². The van der Waals surface area contributed by atoms with E-state index < -0.39 is 0 Å². The minimum absolute atomic E-state index is 0.103. The van der Waals surface area contributed by atoms with Gasteiger partial charge in [0, 0.05) is 12.4 Å². The molecule has 2 atom stereocenters. The molecule has 0 spiro atoms. The number of hydrogen-bond acceptors (Lipinski definition) is 2. The van der Waals surface area contributed by atoms with E-state index in [4.69, 9.17) is 0 Å². The molecule has 1 saturated heterocycles. The van der Waals surface area contributed by atoms with Crippen LogP contribution in [0.15, 0.2) is 48.8 Å². The van der Waals surface area contributed by atoms with Crippen LogP contribution in [0, 0.1) is 0 Å². The lowest BCUT2D eigenvalue weighted by atomic mass is 10.0. The summed E-state index contributed by atoms with van der Waals surface area (Å²) in [5.41, 5.74) is 2.14. The van der Waals surface area contributed by atoms with Gasteiger partial charge in [-0.15, -0.1) is 0 Å². The lowest BCUT2D eigenvalue weighted by molar-refractivity contribution is -0.120. The number of nitrogens with one attached hydrogen (secondary N) is 2. The van der Waals surface area contributed by atoms with E-state index in [1.165, 1.54) is 5.56 Å². The van der Waals surface area contributed by atoms with Crippen molar-refractivity contribution in [2.45, 2.75) is 31.3 Å². The summed E-state index contributed by atoms with van der Waals surface area (Å²) < 4.78 is 0. The number of hydrogen-bond donors (Lipinski definition) is 2. The number of H-pyrrole nitrogens is 1. The fourth-order valence-electron chi connectivity index (χ4n) is 3.12. The number of likely N-dealkylation sites (N-methyl/N-ethyl adjacent to an activating group) is 1. The van der Waals surface area contributed by atoms with E-state index in [-0.39, 0.29) is 18.0 Å². The predicted molar refractivity (Wildman–Crippen MR) is 84.2 cm³/mol. The van der Waals surface area contributed by atoms with Gasteiger partial charge >= 0.3 is 0 Å². The Bertz CT molecular complexity index is 579. The number of aromatic nitrogens is 1. The molecule has 2 unspecified atom stereocenters. The molecule has 0 bridgehead atoms. The summed E-state index contributed by atoms with van der Waals surface area (Å²) in [6.07, 6.45) is 6.67. The molecule has 110 valence electrons. The van der Waals surface area contributed by atoms with Crippen LogP contribution in [-0.2, 0) is 4.79 Å². The van der Waals surface area contributed by atoms with Crippen LogP contribution in [0.5, 0.6) is 0 Å². The minimum atomic E-state index is -0.103. The summed E-state index contributed by atoms with van der Waals surface area (Å²) in [6.45, 7) is 0. The van der Waals surface area contributed by atoms with Gasteiger partial charge in [-0.05, 0) is 37.9 Å². The molecular weight excluding hydrogens is 262 g/mol. The molecule has 1 aromatic carbocycles. The van der Waals surface area contributed by atoms with Gasteiger partial charge in [-0.2, -0.15) is 0 Å². The molecule has 2 aromatic rings. The van der Waals surface area contributed by atoms with Gasteiger partial charge in [0.1, 0.15) is 0 Å². The third-order valence-electron chi connectivity index (χ3n) is 4.21. The van der Waals surface area contributed by atoms with Gasteiger partial charge in [0.25, 0.3) is 0 Å². The summed E-state index contributed by atoms with van der Waals surface area (Å²) in [6, 6.07) is 12.3. The van der Waals surface area contributed by atoms with Crippen molar-refractivity contribution >= 4 is 11.6 Å². The molecule has 21 heavy (non-hydrogen) atoms. The fraction of sp³-hybridized carbons (Fsp3) is 0.353. The minimum Gasteiger partial charge on any atom is -0.366 e.